The molecular formula is C17H18N4O5. The van der Waals surface area contributed by atoms with Crippen LogP contribution in [0.2, 0.25) is 0 Å². The number of nitrogens with zero attached hydrogens (tertiary/aromatic N) is 2. The second-order valence-corrected chi connectivity index (χ2v) is 5.63. The average Bonchev–Trinajstić information content (AvgIpc) is 3.19. The number of ether oxygens (including phenoxy) is 1. The smallest absolute Gasteiger partial charge is 0.314 e. The van der Waals surface area contributed by atoms with Crippen molar-refractivity contribution in [1.29, 1.82) is 0 Å². The van der Waals surface area contributed by atoms with Crippen LogP contribution in [-0.4, -0.2) is 54.0 Å². The molecule has 0 spiro atoms. The van der Waals surface area contributed by atoms with Crippen LogP contribution in [0, 0.1) is 0 Å². The van der Waals surface area contributed by atoms with Gasteiger partial charge in [-0.25, -0.2) is 0 Å². The summed E-state index contributed by atoms with van der Waals surface area (Å²) < 4.78 is 10.3. The SMILES string of the molecule is O=C(NCC(=O)N1CCOC(c2ccccc2)C1)C(=O)Nc1ccon1. The highest BCUT2D eigenvalue weighted by Gasteiger charge is 2.26. The van der Waals surface area contributed by atoms with E-state index in [4.69, 9.17) is 4.74 Å². The molecule has 2 aromatic rings. The summed E-state index contributed by atoms with van der Waals surface area (Å²) in [5, 5.41) is 8.03. The second kappa shape index (κ2) is 8.26. The van der Waals surface area contributed by atoms with Crippen LogP contribution in [0.15, 0.2) is 47.2 Å². The minimum atomic E-state index is -0.922. The summed E-state index contributed by atoms with van der Waals surface area (Å²) in [6.07, 6.45) is 1.05. The van der Waals surface area contributed by atoms with Gasteiger partial charge in [0.15, 0.2) is 5.82 Å². The van der Waals surface area contributed by atoms with Gasteiger partial charge in [-0.05, 0) is 5.56 Å². The Morgan fingerprint density at radius 3 is 2.69 bits per heavy atom. The first-order valence-corrected chi connectivity index (χ1v) is 8.07. The number of aromatic nitrogens is 1. The fraction of sp³-hybridized carbons (Fsp3) is 0.294. The Morgan fingerprint density at radius 1 is 1.15 bits per heavy atom. The van der Waals surface area contributed by atoms with E-state index < -0.39 is 11.8 Å². The quantitative estimate of drug-likeness (QED) is 0.762. The molecule has 9 nitrogen and oxygen atoms in total. The molecular weight excluding hydrogens is 340 g/mol. The number of rotatable bonds is 4. The van der Waals surface area contributed by atoms with E-state index in [-0.39, 0.29) is 24.4 Å². The van der Waals surface area contributed by atoms with E-state index in [1.54, 1.807) is 4.90 Å². The number of benzene rings is 1. The molecule has 3 amide bonds. The normalized spacial score (nSPS) is 16.8. The minimum Gasteiger partial charge on any atom is -0.370 e. The Morgan fingerprint density at radius 2 is 1.96 bits per heavy atom. The van der Waals surface area contributed by atoms with Crippen molar-refractivity contribution in [3.63, 3.8) is 0 Å². The third kappa shape index (κ3) is 4.45. The molecule has 2 heterocycles. The van der Waals surface area contributed by atoms with E-state index >= 15 is 0 Å². The lowest BCUT2D eigenvalue weighted by Gasteiger charge is -2.33. The van der Waals surface area contributed by atoms with E-state index in [0.29, 0.717) is 19.7 Å². The van der Waals surface area contributed by atoms with Crippen molar-refractivity contribution < 1.29 is 23.6 Å². The second-order valence-electron chi connectivity index (χ2n) is 5.63. The highest BCUT2D eigenvalue weighted by molar-refractivity contribution is 6.39. The number of amides is 3. The Hall–Kier alpha value is -3.20. The van der Waals surface area contributed by atoms with Crippen molar-refractivity contribution >= 4 is 23.5 Å². The molecule has 1 aliphatic heterocycles. The lowest BCUT2D eigenvalue weighted by atomic mass is 10.1. The molecule has 1 fully saturated rings. The minimum absolute atomic E-state index is 0.121. The van der Waals surface area contributed by atoms with Crippen LogP contribution in [0.5, 0.6) is 0 Å². The fourth-order valence-electron chi connectivity index (χ4n) is 2.54. The summed E-state index contributed by atoms with van der Waals surface area (Å²) in [6, 6.07) is 11.0. The molecule has 1 unspecified atom stereocenters. The van der Waals surface area contributed by atoms with Gasteiger partial charge in [-0.1, -0.05) is 35.5 Å². The number of anilines is 1. The predicted molar refractivity (Wildman–Crippen MR) is 89.9 cm³/mol. The molecule has 0 bridgehead atoms. The standard InChI is InChI=1S/C17H18N4O5/c22-15(10-18-16(23)17(24)19-14-6-8-26-20-14)21-7-9-25-13(11-21)12-4-2-1-3-5-12/h1-6,8,13H,7,9-11H2,(H,18,23)(H,19,20,24). The van der Waals surface area contributed by atoms with Crippen LogP contribution in [0.4, 0.5) is 5.82 Å². The molecule has 1 aromatic heterocycles. The van der Waals surface area contributed by atoms with E-state index in [0.717, 1.165) is 5.56 Å². The predicted octanol–water partition coefficient (Wildman–Crippen LogP) is 0.329. The Kier molecular flexibility index (Phi) is 5.59. The molecule has 1 aliphatic rings. The van der Waals surface area contributed by atoms with Gasteiger partial charge >= 0.3 is 11.8 Å². The van der Waals surface area contributed by atoms with Gasteiger partial charge in [0.25, 0.3) is 0 Å². The molecule has 2 N–H and O–H groups in total. The van der Waals surface area contributed by atoms with Crippen molar-refractivity contribution in [3.8, 4) is 0 Å². The molecule has 0 aliphatic carbocycles. The van der Waals surface area contributed by atoms with E-state index in [2.05, 4.69) is 20.3 Å². The van der Waals surface area contributed by atoms with Crippen molar-refractivity contribution in [2.24, 2.45) is 0 Å². The van der Waals surface area contributed by atoms with Gasteiger partial charge in [0.1, 0.15) is 12.4 Å². The molecule has 1 aromatic carbocycles. The van der Waals surface area contributed by atoms with Gasteiger partial charge in [0.05, 0.1) is 19.7 Å². The summed E-state index contributed by atoms with van der Waals surface area (Å²) >= 11 is 0. The van der Waals surface area contributed by atoms with Crippen LogP contribution < -0.4 is 10.6 Å². The van der Waals surface area contributed by atoms with E-state index in [9.17, 15) is 14.4 Å². The summed E-state index contributed by atoms with van der Waals surface area (Å²) in [7, 11) is 0. The number of nitrogens with one attached hydrogen (secondary N) is 2. The topological polar surface area (TPSA) is 114 Å². The monoisotopic (exact) mass is 358 g/mol. The molecule has 3 rings (SSSR count). The van der Waals surface area contributed by atoms with Crippen molar-refractivity contribution in [1.82, 2.24) is 15.4 Å². The molecule has 9 heteroatoms. The van der Waals surface area contributed by atoms with Crippen molar-refractivity contribution in [3.05, 3.63) is 48.2 Å². The zero-order chi connectivity index (χ0) is 18.4. The van der Waals surface area contributed by atoms with Crippen LogP contribution in [0.3, 0.4) is 0 Å². The average molecular weight is 358 g/mol. The molecule has 1 saturated heterocycles. The summed E-state index contributed by atoms with van der Waals surface area (Å²) in [6.45, 7) is 0.964. The highest BCUT2D eigenvalue weighted by Crippen LogP contribution is 2.21. The van der Waals surface area contributed by atoms with Gasteiger partial charge in [-0.15, -0.1) is 0 Å². The first-order valence-electron chi connectivity index (χ1n) is 8.07. The maximum atomic E-state index is 12.3. The van der Waals surface area contributed by atoms with Crippen LogP contribution in [-0.2, 0) is 19.1 Å². The Bertz CT molecular complexity index is 763. The van der Waals surface area contributed by atoms with E-state index in [1.165, 1.54) is 12.3 Å². The third-order valence-corrected chi connectivity index (χ3v) is 3.88. The number of hydrogen-bond donors (Lipinski definition) is 2. The third-order valence-electron chi connectivity index (χ3n) is 3.88. The van der Waals surface area contributed by atoms with Gasteiger partial charge in [-0.3, -0.25) is 19.7 Å². The van der Waals surface area contributed by atoms with Gasteiger partial charge < -0.3 is 19.5 Å². The zero-order valence-electron chi connectivity index (χ0n) is 13.9. The molecule has 26 heavy (non-hydrogen) atoms. The van der Waals surface area contributed by atoms with Crippen LogP contribution in [0.1, 0.15) is 11.7 Å². The fourth-order valence-corrected chi connectivity index (χ4v) is 2.54. The zero-order valence-corrected chi connectivity index (χ0v) is 13.9. The highest BCUT2D eigenvalue weighted by atomic mass is 16.5. The molecule has 0 saturated carbocycles. The summed E-state index contributed by atoms with van der Waals surface area (Å²) in [4.78, 5) is 37.4. The lowest BCUT2D eigenvalue weighted by molar-refractivity contribution is -0.141. The first kappa shape index (κ1) is 17.6. The van der Waals surface area contributed by atoms with Crippen LogP contribution >= 0.6 is 0 Å². The van der Waals surface area contributed by atoms with Crippen LogP contribution in [0.25, 0.3) is 0 Å². The van der Waals surface area contributed by atoms with Gasteiger partial charge in [0, 0.05) is 12.6 Å². The Balaban J connectivity index is 1.48. The van der Waals surface area contributed by atoms with Gasteiger partial charge in [-0.2, -0.15) is 0 Å². The van der Waals surface area contributed by atoms with Crippen molar-refractivity contribution in [2.75, 3.05) is 31.6 Å². The number of hydrogen-bond acceptors (Lipinski definition) is 6. The molecule has 136 valence electrons. The van der Waals surface area contributed by atoms with Crippen molar-refractivity contribution in [2.45, 2.75) is 6.10 Å². The number of morpholine rings is 1. The largest absolute Gasteiger partial charge is 0.370 e. The molecule has 0 radical (unpaired) electrons. The summed E-state index contributed by atoms with van der Waals surface area (Å²) in [5.74, 6) is -2.00. The lowest BCUT2D eigenvalue weighted by Crippen LogP contribution is -2.48. The number of carbonyl (C=O) groups is 3. The summed E-state index contributed by atoms with van der Waals surface area (Å²) in [5.41, 5.74) is 0.987. The molecule has 1 atom stereocenters. The maximum absolute atomic E-state index is 12.3. The number of carbonyl (C=O) groups excluding carboxylic acids is 3. The first-order chi connectivity index (χ1) is 12.6. The Labute approximate surface area is 149 Å². The van der Waals surface area contributed by atoms with E-state index in [1.807, 2.05) is 30.3 Å². The van der Waals surface area contributed by atoms with Gasteiger partial charge in [0.2, 0.25) is 5.91 Å². The maximum Gasteiger partial charge on any atom is 0.314 e.